The normalized spacial score (nSPS) is 21.8. The molecule has 1 amide bonds. The van der Waals surface area contributed by atoms with Crippen molar-refractivity contribution in [3.05, 3.63) is 35.4 Å². The third-order valence-corrected chi connectivity index (χ3v) is 7.26. The molecule has 7 heteroatoms. The predicted molar refractivity (Wildman–Crippen MR) is 92.5 cm³/mol. The van der Waals surface area contributed by atoms with Crippen LogP contribution in [0.4, 0.5) is 0 Å². The lowest BCUT2D eigenvalue weighted by Gasteiger charge is -2.41. The van der Waals surface area contributed by atoms with Crippen molar-refractivity contribution >= 4 is 16.1 Å². The molecule has 1 saturated heterocycles. The number of carbonyl (C=O) groups is 1. The first kappa shape index (κ1) is 17.4. The summed E-state index contributed by atoms with van der Waals surface area (Å²) in [6.07, 6.45) is 1.83. The minimum Gasteiger partial charge on any atom is -0.341 e. The van der Waals surface area contributed by atoms with Gasteiger partial charge in [-0.15, -0.1) is 0 Å². The molecule has 0 aromatic heterocycles. The molecule has 6 nitrogen and oxygen atoms in total. The molecule has 2 aliphatic rings. The average molecular weight is 351 g/mol. The summed E-state index contributed by atoms with van der Waals surface area (Å²) < 4.78 is 27.4. The largest absolute Gasteiger partial charge is 0.341 e. The van der Waals surface area contributed by atoms with Crippen molar-refractivity contribution in [2.45, 2.75) is 25.8 Å². The molecule has 0 atom stereocenters. The maximum absolute atomic E-state index is 13.0. The van der Waals surface area contributed by atoms with Crippen LogP contribution in [-0.4, -0.2) is 62.1 Å². The fourth-order valence-electron chi connectivity index (χ4n) is 3.82. The summed E-state index contributed by atoms with van der Waals surface area (Å²) in [4.78, 5) is 14.8. The Morgan fingerprint density at radius 1 is 1.08 bits per heavy atom. The van der Waals surface area contributed by atoms with Crippen molar-refractivity contribution in [1.29, 1.82) is 0 Å². The summed E-state index contributed by atoms with van der Waals surface area (Å²) in [7, 11) is 1.51. The van der Waals surface area contributed by atoms with Crippen LogP contribution in [0.1, 0.15) is 24.0 Å². The molecule has 1 aromatic carbocycles. The third kappa shape index (κ3) is 2.85. The van der Waals surface area contributed by atoms with E-state index in [4.69, 9.17) is 0 Å². The van der Waals surface area contributed by atoms with E-state index in [1.165, 1.54) is 19.7 Å². The fourth-order valence-corrected chi connectivity index (χ4v) is 4.93. The molecular formula is C17H25N3O3S. The van der Waals surface area contributed by atoms with Gasteiger partial charge in [-0.1, -0.05) is 24.3 Å². The standard InChI is InChI=1S/C17H25N3O3S/c1-18(2)24(22,23)20-10-8-17(9-11-20)12-14-6-4-5-7-15(14)13-19(3)16(17)21/h4-7H,8-13H2,1-3H3. The van der Waals surface area contributed by atoms with Gasteiger partial charge in [0.25, 0.3) is 10.2 Å². The molecule has 0 bridgehead atoms. The Bertz CT molecular complexity index is 737. The summed E-state index contributed by atoms with van der Waals surface area (Å²) in [5.41, 5.74) is 1.91. The van der Waals surface area contributed by atoms with Crippen LogP contribution in [0.25, 0.3) is 0 Å². The van der Waals surface area contributed by atoms with Crippen LogP contribution in [0.3, 0.4) is 0 Å². The Balaban J connectivity index is 1.87. The van der Waals surface area contributed by atoms with E-state index in [1.54, 1.807) is 19.0 Å². The first-order chi connectivity index (χ1) is 11.3. The maximum atomic E-state index is 13.0. The Morgan fingerprint density at radius 3 is 2.25 bits per heavy atom. The molecule has 2 heterocycles. The van der Waals surface area contributed by atoms with Gasteiger partial charge >= 0.3 is 0 Å². The third-order valence-electron chi connectivity index (χ3n) is 5.32. The lowest BCUT2D eigenvalue weighted by Crippen LogP contribution is -2.52. The molecule has 0 N–H and O–H groups in total. The summed E-state index contributed by atoms with van der Waals surface area (Å²) >= 11 is 0. The van der Waals surface area contributed by atoms with Crippen LogP contribution in [-0.2, 0) is 28.0 Å². The quantitative estimate of drug-likeness (QED) is 0.801. The monoisotopic (exact) mass is 351 g/mol. The molecular weight excluding hydrogens is 326 g/mol. The van der Waals surface area contributed by atoms with Gasteiger partial charge in [0.05, 0.1) is 5.41 Å². The van der Waals surface area contributed by atoms with Crippen molar-refractivity contribution in [2.75, 3.05) is 34.2 Å². The zero-order valence-electron chi connectivity index (χ0n) is 14.5. The van der Waals surface area contributed by atoms with Gasteiger partial charge in [-0.2, -0.15) is 17.0 Å². The minimum atomic E-state index is -3.41. The van der Waals surface area contributed by atoms with E-state index in [0.717, 1.165) is 0 Å². The molecule has 132 valence electrons. The molecule has 2 aliphatic heterocycles. The average Bonchev–Trinajstić information content (AvgIpc) is 2.65. The van der Waals surface area contributed by atoms with Gasteiger partial charge in [0, 0.05) is 40.8 Å². The second-order valence-electron chi connectivity index (χ2n) is 7.08. The molecule has 3 rings (SSSR count). The number of fused-ring (bicyclic) bond motifs is 1. The van der Waals surface area contributed by atoms with Crippen LogP contribution >= 0.6 is 0 Å². The van der Waals surface area contributed by atoms with E-state index in [0.29, 0.717) is 38.9 Å². The Labute approximate surface area is 144 Å². The van der Waals surface area contributed by atoms with Crippen molar-refractivity contribution < 1.29 is 13.2 Å². The Kier molecular flexibility index (Phi) is 4.44. The Morgan fingerprint density at radius 2 is 1.67 bits per heavy atom. The molecule has 0 aliphatic carbocycles. The van der Waals surface area contributed by atoms with E-state index in [-0.39, 0.29) is 5.91 Å². The SMILES string of the molecule is CN1Cc2ccccc2CC2(CCN(S(=O)(=O)N(C)C)CC2)C1=O. The number of nitrogens with zero attached hydrogens (tertiary/aromatic N) is 3. The number of rotatable bonds is 2. The van der Waals surface area contributed by atoms with Crippen LogP contribution in [0.15, 0.2) is 24.3 Å². The first-order valence-corrected chi connectivity index (χ1v) is 9.66. The van der Waals surface area contributed by atoms with Gasteiger partial charge in [0.2, 0.25) is 5.91 Å². The highest BCUT2D eigenvalue weighted by molar-refractivity contribution is 7.86. The fraction of sp³-hybridized carbons (Fsp3) is 0.588. The number of hydrogen-bond acceptors (Lipinski definition) is 3. The van der Waals surface area contributed by atoms with E-state index < -0.39 is 15.6 Å². The van der Waals surface area contributed by atoms with Crippen LogP contribution in [0.5, 0.6) is 0 Å². The van der Waals surface area contributed by atoms with Crippen molar-refractivity contribution in [3.63, 3.8) is 0 Å². The molecule has 1 aromatic rings. The van der Waals surface area contributed by atoms with E-state index in [9.17, 15) is 13.2 Å². The van der Waals surface area contributed by atoms with Gasteiger partial charge < -0.3 is 4.90 Å². The van der Waals surface area contributed by atoms with Crippen molar-refractivity contribution in [3.8, 4) is 0 Å². The van der Waals surface area contributed by atoms with Gasteiger partial charge in [0.1, 0.15) is 0 Å². The molecule has 0 radical (unpaired) electrons. The van der Waals surface area contributed by atoms with Crippen LogP contribution in [0, 0.1) is 5.41 Å². The number of benzene rings is 1. The zero-order valence-corrected chi connectivity index (χ0v) is 15.3. The molecule has 0 saturated carbocycles. The predicted octanol–water partition coefficient (Wildman–Crippen LogP) is 1.09. The molecule has 24 heavy (non-hydrogen) atoms. The summed E-state index contributed by atoms with van der Waals surface area (Å²) in [5, 5.41) is 0. The van der Waals surface area contributed by atoms with Crippen LogP contribution in [0.2, 0.25) is 0 Å². The molecule has 0 unspecified atom stereocenters. The van der Waals surface area contributed by atoms with Gasteiger partial charge in [-0.05, 0) is 30.4 Å². The zero-order chi connectivity index (χ0) is 17.5. The smallest absolute Gasteiger partial charge is 0.281 e. The second-order valence-corrected chi connectivity index (χ2v) is 9.22. The van der Waals surface area contributed by atoms with E-state index >= 15 is 0 Å². The lowest BCUT2D eigenvalue weighted by atomic mass is 9.73. The maximum Gasteiger partial charge on any atom is 0.281 e. The topological polar surface area (TPSA) is 60.9 Å². The number of amides is 1. The Hall–Kier alpha value is -1.44. The first-order valence-electron chi connectivity index (χ1n) is 8.26. The second kappa shape index (κ2) is 6.13. The van der Waals surface area contributed by atoms with E-state index in [2.05, 4.69) is 12.1 Å². The summed E-state index contributed by atoms with van der Waals surface area (Å²) in [5.74, 6) is 0.139. The highest BCUT2D eigenvalue weighted by Crippen LogP contribution is 2.40. The van der Waals surface area contributed by atoms with Crippen molar-refractivity contribution in [2.24, 2.45) is 5.41 Å². The minimum absolute atomic E-state index is 0.139. The van der Waals surface area contributed by atoms with E-state index in [1.807, 2.05) is 19.2 Å². The lowest BCUT2D eigenvalue weighted by molar-refractivity contribution is -0.143. The van der Waals surface area contributed by atoms with Gasteiger partial charge in [-0.3, -0.25) is 4.79 Å². The van der Waals surface area contributed by atoms with Gasteiger partial charge in [0.15, 0.2) is 0 Å². The number of carbonyl (C=O) groups excluding carboxylic acids is 1. The molecule has 1 spiro atoms. The summed E-state index contributed by atoms with van der Waals surface area (Å²) in [6, 6.07) is 8.17. The highest BCUT2D eigenvalue weighted by atomic mass is 32.2. The summed E-state index contributed by atoms with van der Waals surface area (Å²) in [6.45, 7) is 1.40. The molecule has 1 fully saturated rings. The number of hydrogen-bond donors (Lipinski definition) is 0. The highest BCUT2D eigenvalue weighted by Gasteiger charge is 2.46. The van der Waals surface area contributed by atoms with Crippen molar-refractivity contribution in [1.82, 2.24) is 13.5 Å². The van der Waals surface area contributed by atoms with Crippen LogP contribution < -0.4 is 0 Å². The van der Waals surface area contributed by atoms with Gasteiger partial charge in [-0.25, -0.2) is 0 Å². The number of piperidine rings is 1.